The number of aromatic amines is 1. The van der Waals surface area contributed by atoms with Crippen LogP contribution in [0.1, 0.15) is 24.2 Å². The van der Waals surface area contributed by atoms with Gasteiger partial charge in [-0.25, -0.2) is 22.5 Å². The van der Waals surface area contributed by atoms with E-state index in [9.17, 15) is 22.4 Å². The number of rotatable bonds is 4. The Morgan fingerprint density at radius 3 is 2.39 bits per heavy atom. The summed E-state index contributed by atoms with van der Waals surface area (Å²) in [6, 6.07) is 9.92. The predicted octanol–water partition coefficient (Wildman–Crippen LogP) is 4.62. The van der Waals surface area contributed by atoms with E-state index >= 15 is 0 Å². The van der Waals surface area contributed by atoms with Crippen molar-refractivity contribution in [2.75, 3.05) is 29.9 Å². The molecular formula is C25H22F4N6O. The van der Waals surface area contributed by atoms with Gasteiger partial charge in [0.1, 0.15) is 0 Å². The number of piperazine rings is 1. The molecule has 0 radical (unpaired) electrons. The van der Waals surface area contributed by atoms with Crippen LogP contribution in [0.2, 0.25) is 0 Å². The van der Waals surface area contributed by atoms with E-state index in [2.05, 4.69) is 44.6 Å². The van der Waals surface area contributed by atoms with Gasteiger partial charge in [0, 0.05) is 42.5 Å². The molecule has 4 aromatic rings. The highest BCUT2D eigenvalue weighted by Crippen LogP contribution is 2.30. The summed E-state index contributed by atoms with van der Waals surface area (Å²) in [7, 11) is 0. The molecule has 0 aliphatic carbocycles. The Morgan fingerprint density at radius 2 is 1.72 bits per heavy atom. The van der Waals surface area contributed by atoms with Crippen LogP contribution >= 0.6 is 0 Å². The zero-order chi connectivity index (χ0) is 25.6. The second-order valence-electron chi connectivity index (χ2n) is 9.24. The Bertz CT molecular complexity index is 1440. The number of carbonyl (C=O) groups excluding carboxylic acids is 1. The van der Waals surface area contributed by atoms with Gasteiger partial charge in [-0.15, -0.1) is 0 Å². The van der Waals surface area contributed by atoms with Crippen LogP contribution in [0.4, 0.5) is 29.1 Å². The Hall–Kier alpha value is -3.99. The van der Waals surface area contributed by atoms with Gasteiger partial charge in [-0.3, -0.25) is 9.89 Å². The van der Waals surface area contributed by atoms with Crippen molar-refractivity contribution in [1.29, 1.82) is 0 Å². The third-order valence-corrected chi connectivity index (χ3v) is 6.09. The van der Waals surface area contributed by atoms with E-state index in [-0.39, 0.29) is 28.8 Å². The molecule has 2 aromatic heterocycles. The third kappa shape index (κ3) is 4.37. The van der Waals surface area contributed by atoms with Crippen LogP contribution in [0, 0.1) is 23.3 Å². The van der Waals surface area contributed by atoms with E-state index in [0.717, 1.165) is 25.3 Å². The van der Waals surface area contributed by atoms with Crippen molar-refractivity contribution in [3.05, 3.63) is 71.3 Å². The van der Waals surface area contributed by atoms with Crippen molar-refractivity contribution >= 4 is 28.4 Å². The lowest BCUT2D eigenvalue weighted by Gasteiger charge is -2.40. The van der Waals surface area contributed by atoms with Crippen LogP contribution in [0.5, 0.6) is 0 Å². The molecule has 7 nitrogen and oxygen atoms in total. The van der Waals surface area contributed by atoms with Gasteiger partial charge in [0.2, 0.25) is 0 Å². The molecule has 1 amide bonds. The van der Waals surface area contributed by atoms with Crippen LogP contribution in [0.15, 0.2) is 42.5 Å². The first kappa shape index (κ1) is 23.7. The monoisotopic (exact) mass is 498 g/mol. The van der Waals surface area contributed by atoms with Crippen molar-refractivity contribution in [1.82, 2.24) is 20.5 Å². The van der Waals surface area contributed by atoms with Gasteiger partial charge >= 0.3 is 0 Å². The minimum atomic E-state index is -1.55. The van der Waals surface area contributed by atoms with E-state index in [0.29, 0.717) is 10.9 Å². The Balaban J connectivity index is 1.36. The molecule has 36 heavy (non-hydrogen) atoms. The van der Waals surface area contributed by atoms with Crippen LogP contribution in [-0.2, 0) is 0 Å². The number of fused-ring (bicyclic) bond motifs is 1. The summed E-state index contributed by atoms with van der Waals surface area (Å²) in [5.74, 6) is -6.44. The van der Waals surface area contributed by atoms with Crippen LogP contribution in [0.3, 0.4) is 0 Å². The topological polar surface area (TPSA) is 85.9 Å². The lowest BCUT2D eigenvalue weighted by atomic mass is 10.0. The van der Waals surface area contributed by atoms with E-state index in [4.69, 9.17) is 0 Å². The minimum Gasteiger partial charge on any atom is -0.368 e. The summed E-state index contributed by atoms with van der Waals surface area (Å²) >= 11 is 0. The summed E-state index contributed by atoms with van der Waals surface area (Å²) in [6.07, 6.45) is 0. The summed E-state index contributed by atoms with van der Waals surface area (Å²) in [5.41, 5.74) is 0.225. The highest BCUT2D eigenvalue weighted by atomic mass is 19.2. The fraction of sp³-hybridized carbons (Fsp3) is 0.240. The predicted molar refractivity (Wildman–Crippen MR) is 128 cm³/mol. The minimum absolute atomic E-state index is 0.0103. The number of pyridine rings is 1. The number of anilines is 2. The maximum Gasteiger partial charge on any atom is 0.256 e. The maximum absolute atomic E-state index is 14.2. The summed E-state index contributed by atoms with van der Waals surface area (Å²) in [5, 5.41) is 13.1. The standard InChI is InChI=1S/C25H22F4N6O/c1-25(2)12-35(10-9-30-25)14-5-3-13(4-6-14)24(36)32-23-15-7-8-18(31-22(15)33-34-23)19-20(28)16(26)11-17(27)21(19)29/h3-8,11,30H,9-10,12H2,1-2H3,(H2,31,32,33,34,36). The number of H-pyrrole nitrogens is 1. The normalized spacial score (nSPS) is 15.3. The zero-order valence-electron chi connectivity index (χ0n) is 19.4. The first-order chi connectivity index (χ1) is 17.1. The van der Waals surface area contributed by atoms with Crippen molar-refractivity contribution in [3.63, 3.8) is 0 Å². The van der Waals surface area contributed by atoms with Gasteiger partial charge < -0.3 is 15.5 Å². The number of hydrogen-bond acceptors (Lipinski definition) is 5. The van der Waals surface area contributed by atoms with E-state index in [1.165, 1.54) is 12.1 Å². The molecule has 5 rings (SSSR count). The number of carbonyl (C=O) groups is 1. The van der Waals surface area contributed by atoms with Crippen molar-refractivity contribution < 1.29 is 22.4 Å². The number of halogens is 4. The first-order valence-corrected chi connectivity index (χ1v) is 11.2. The number of nitrogens with one attached hydrogen (secondary N) is 3. The van der Waals surface area contributed by atoms with E-state index < -0.39 is 34.7 Å². The van der Waals surface area contributed by atoms with Gasteiger partial charge in [0.15, 0.2) is 34.7 Å². The van der Waals surface area contributed by atoms with E-state index in [1.807, 2.05) is 12.1 Å². The fourth-order valence-corrected chi connectivity index (χ4v) is 4.30. The lowest BCUT2D eigenvalue weighted by Crippen LogP contribution is -2.57. The molecule has 186 valence electrons. The molecule has 0 spiro atoms. The van der Waals surface area contributed by atoms with Crippen LogP contribution in [0.25, 0.3) is 22.3 Å². The highest BCUT2D eigenvalue weighted by molar-refractivity contribution is 6.07. The molecule has 3 N–H and O–H groups in total. The number of hydrogen-bond donors (Lipinski definition) is 3. The highest BCUT2D eigenvalue weighted by Gasteiger charge is 2.26. The molecule has 0 unspecified atom stereocenters. The smallest absolute Gasteiger partial charge is 0.256 e. The van der Waals surface area contributed by atoms with Crippen LogP contribution < -0.4 is 15.5 Å². The third-order valence-electron chi connectivity index (χ3n) is 6.09. The van der Waals surface area contributed by atoms with E-state index in [1.54, 1.807) is 12.1 Å². The zero-order valence-corrected chi connectivity index (χ0v) is 19.4. The van der Waals surface area contributed by atoms with Gasteiger partial charge in [-0.05, 0) is 50.2 Å². The molecule has 0 saturated carbocycles. The van der Waals surface area contributed by atoms with Gasteiger partial charge in [-0.2, -0.15) is 5.10 Å². The van der Waals surface area contributed by atoms with Crippen molar-refractivity contribution in [2.45, 2.75) is 19.4 Å². The maximum atomic E-state index is 14.2. The molecular weight excluding hydrogens is 476 g/mol. The summed E-state index contributed by atoms with van der Waals surface area (Å²) in [6.45, 7) is 6.83. The largest absolute Gasteiger partial charge is 0.368 e. The molecule has 1 saturated heterocycles. The first-order valence-electron chi connectivity index (χ1n) is 11.2. The number of nitrogens with zero attached hydrogens (tertiary/aromatic N) is 3. The van der Waals surface area contributed by atoms with Gasteiger partial charge in [0.05, 0.1) is 16.6 Å². The Kier molecular flexibility index (Phi) is 5.87. The van der Waals surface area contributed by atoms with Crippen molar-refractivity contribution in [2.24, 2.45) is 0 Å². The van der Waals surface area contributed by atoms with Gasteiger partial charge in [0.25, 0.3) is 5.91 Å². The summed E-state index contributed by atoms with van der Waals surface area (Å²) < 4.78 is 55.6. The molecule has 3 heterocycles. The number of aromatic nitrogens is 3. The summed E-state index contributed by atoms with van der Waals surface area (Å²) in [4.78, 5) is 19.1. The molecule has 0 bridgehead atoms. The number of benzene rings is 2. The SMILES string of the molecule is CC1(C)CN(c2ccc(C(=O)Nc3n[nH]c4nc(-c5c(F)c(F)cc(F)c5F)ccc34)cc2)CCN1. The Labute approximate surface area is 203 Å². The quantitative estimate of drug-likeness (QED) is 0.282. The average molecular weight is 498 g/mol. The molecule has 0 atom stereocenters. The fourth-order valence-electron chi connectivity index (χ4n) is 4.30. The second kappa shape index (κ2) is 8.90. The molecule has 1 aliphatic rings. The molecule has 1 fully saturated rings. The molecule has 2 aromatic carbocycles. The molecule has 11 heteroatoms. The Morgan fingerprint density at radius 1 is 1.03 bits per heavy atom. The lowest BCUT2D eigenvalue weighted by molar-refractivity contribution is 0.102. The van der Waals surface area contributed by atoms with Crippen molar-refractivity contribution in [3.8, 4) is 11.3 Å². The molecule has 1 aliphatic heterocycles. The second-order valence-corrected chi connectivity index (χ2v) is 9.24. The van der Waals surface area contributed by atoms with Crippen LogP contribution in [-0.4, -0.2) is 46.3 Å². The van der Waals surface area contributed by atoms with Gasteiger partial charge in [-0.1, -0.05) is 0 Å². The average Bonchev–Trinajstić information content (AvgIpc) is 3.24. The number of amides is 1.